The van der Waals surface area contributed by atoms with Gasteiger partial charge in [-0.15, -0.1) is 11.3 Å². The van der Waals surface area contributed by atoms with E-state index in [2.05, 4.69) is 4.98 Å². The van der Waals surface area contributed by atoms with Crippen LogP contribution in [-0.2, 0) is 6.42 Å². The summed E-state index contributed by atoms with van der Waals surface area (Å²) < 4.78 is 0. The van der Waals surface area contributed by atoms with Crippen molar-refractivity contribution in [2.45, 2.75) is 12.5 Å². The maximum absolute atomic E-state index is 6.02. The van der Waals surface area contributed by atoms with E-state index >= 15 is 0 Å². The standard InChI is InChI=1S/C11H11ClN2S/c12-9-3-1-2-8(4-9)5-10(13)11-6-15-7-14-11/h1-4,6-7,10H,5,13H2. The molecular formula is C11H11ClN2S. The molecule has 1 heterocycles. The summed E-state index contributed by atoms with van der Waals surface area (Å²) in [6, 6.07) is 7.71. The molecule has 0 amide bonds. The molecule has 0 aliphatic rings. The van der Waals surface area contributed by atoms with E-state index in [4.69, 9.17) is 17.3 Å². The number of nitrogens with zero attached hydrogens (tertiary/aromatic N) is 1. The Morgan fingerprint density at radius 2 is 2.33 bits per heavy atom. The summed E-state index contributed by atoms with van der Waals surface area (Å²) in [5, 5.41) is 2.73. The molecule has 2 N–H and O–H groups in total. The Labute approximate surface area is 97.7 Å². The fourth-order valence-corrected chi connectivity index (χ4v) is 2.26. The van der Waals surface area contributed by atoms with Crippen LogP contribution in [0.15, 0.2) is 35.2 Å². The zero-order valence-corrected chi connectivity index (χ0v) is 9.63. The Balaban J connectivity index is 2.09. The van der Waals surface area contributed by atoms with E-state index in [1.165, 1.54) is 0 Å². The van der Waals surface area contributed by atoms with Crippen LogP contribution >= 0.6 is 22.9 Å². The first-order valence-corrected chi connectivity index (χ1v) is 5.96. The van der Waals surface area contributed by atoms with E-state index in [0.717, 1.165) is 22.7 Å². The van der Waals surface area contributed by atoms with E-state index in [1.807, 2.05) is 29.6 Å². The molecule has 15 heavy (non-hydrogen) atoms. The number of nitrogens with two attached hydrogens (primary N) is 1. The van der Waals surface area contributed by atoms with E-state index in [9.17, 15) is 0 Å². The molecule has 1 atom stereocenters. The van der Waals surface area contributed by atoms with Gasteiger partial charge in [-0.25, -0.2) is 4.98 Å². The van der Waals surface area contributed by atoms with Gasteiger partial charge < -0.3 is 5.73 Å². The summed E-state index contributed by atoms with van der Waals surface area (Å²) in [6.07, 6.45) is 0.768. The number of benzene rings is 1. The third kappa shape index (κ3) is 2.78. The van der Waals surface area contributed by atoms with Crippen molar-refractivity contribution in [1.82, 2.24) is 4.98 Å². The second kappa shape index (κ2) is 4.75. The normalized spacial score (nSPS) is 12.7. The van der Waals surface area contributed by atoms with E-state index in [1.54, 1.807) is 16.8 Å². The van der Waals surface area contributed by atoms with Gasteiger partial charge in [-0.3, -0.25) is 0 Å². The van der Waals surface area contributed by atoms with Crippen LogP contribution in [0.4, 0.5) is 0 Å². The molecule has 2 aromatic rings. The molecule has 4 heteroatoms. The van der Waals surface area contributed by atoms with Gasteiger partial charge in [0.15, 0.2) is 0 Å². The Hall–Kier alpha value is -0.900. The van der Waals surface area contributed by atoms with Crippen LogP contribution in [0.25, 0.3) is 0 Å². The van der Waals surface area contributed by atoms with Crippen molar-refractivity contribution in [1.29, 1.82) is 0 Å². The van der Waals surface area contributed by atoms with Crippen LogP contribution in [0.2, 0.25) is 5.02 Å². The largest absolute Gasteiger partial charge is 0.322 e. The van der Waals surface area contributed by atoms with E-state index in [-0.39, 0.29) is 6.04 Å². The van der Waals surface area contributed by atoms with Crippen LogP contribution in [0.1, 0.15) is 17.3 Å². The van der Waals surface area contributed by atoms with Crippen molar-refractivity contribution < 1.29 is 0 Å². The summed E-state index contributed by atoms with van der Waals surface area (Å²) in [5.74, 6) is 0. The molecule has 0 bridgehead atoms. The Morgan fingerprint density at radius 1 is 1.47 bits per heavy atom. The number of halogens is 1. The van der Waals surface area contributed by atoms with Crippen molar-refractivity contribution in [2.24, 2.45) is 5.73 Å². The summed E-state index contributed by atoms with van der Waals surface area (Å²) in [5.41, 5.74) is 9.91. The molecule has 2 rings (SSSR count). The molecule has 0 saturated heterocycles. The highest BCUT2D eigenvalue weighted by Gasteiger charge is 2.08. The lowest BCUT2D eigenvalue weighted by Gasteiger charge is -2.08. The Kier molecular flexibility index (Phi) is 3.36. The van der Waals surface area contributed by atoms with Crippen molar-refractivity contribution in [2.75, 3.05) is 0 Å². The SMILES string of the molecule is NC(Cc1cccc(Cl)c1)c1cscn1. The van der Waals surface area contributed by atoms with E-state index < -0.39 is 0 Å². The lowest BCUT2D eigenvalue weighted by atomic mass is 10.1. The minimum atomic E-state index is -0.0466. The number of hydrogen-bond acceptors (Lipinski definition) is 3. The van der Waals surface area contributed by atoms with Gasteiger partial charge in [0.2, 0.25) is 0 Å². The van der Waals surface area contributed by atoms with Gasteiger partial charge in [-0.05, 0) is 24.1 Å². The lowest BCUT2D eigenvalue weighted by Crippen LogP contribution is -2.13. The molecule has 0 saturated carbocycles. The molecule has 0 fully saturated rings. The van der Waals surface area contributed by atoms with Gasteiger partial charge in [-0.1, -0.05) is 23.7 Å². The monoisotopic (exact) mass is 238 g/mol. The predicted octanol–water partition coefficient (Wildman–Crippen LogP) is 3.04. The predicted molar refractivity (Wildman–Crippen MR) is 64.2 cm³/mol. The Bertz CT molecular complexity index is 428. The number of thiazole rings is 1. The molecule has 0 aliphatic heterocycles. The average Bonchev–Trinajstić information content (AvgIpc) is 2.70. The van der Waals surface area contributed by atoms with Crippen molar-refractivity contribution in [3.05, 3.63) is 51.4 Å². The molecule has 2 nitrogen and oxygen atoms in total. The van der Waals surface area contributed by atoms with Crippen molar-refractivity contribution in [3.8, 4) is 0 Å². The van der Waals surface area contributed by atoms with Gasteiger partial charge in [0.05, 0.1) is 17.2 Å². The molecule has 1 aromatic heterocycles. The third-order valence-electron chi connectivity index (χ3n) is 2.18. The van der Waals surface area contributed by atoms with Crippen molar-refractivity contribution >= 4 is 22.9 Å². The smallest absolute Gasteiger partial charge is 0.0795 e. The summed E-state index contributed by atoms with van der Waals surface area (Å²) >= 11 is 7.46. The van der Waals surface area contributed by atoms with Gasteiger partial charge in [0.25, 0.3) is 0 Å². The van der Waals surface area contributed by atoms with Crippen LogP contribution in [0.3, 0.4) is 0 Å². The zero-order valence-electron chi connectivity index (χ0n) is 8.06. The van der Waals surface area contributed by atoms with Crippen LogP contribution in [0.5, 0.6) is 0 Å². The maximum Gasteiger partial charge on any atom is 0.0795 e. The molecule has 0 spiro atoms. The number of aromatic nitrogens is 1. The van der Waals surface area contributed by atoms with Crippen LogP contribution in [-0.4, -0.2) is 4.98 Å². The highest BCUT2D eigenvalue weighted by molar-refractivity contribution is 7.07. The molecule has 1 aromatic carbocycles. The fourth-order valence-electron chi connectivity index (χ4n) is 1.43. The molecule has 1 unspecified atom stereocenters. The minimum absolute atomic E-state index is 0.0466. The topological polar surface area (TPSA) is 38.9 Å². The summed E-state index contributed by atoms with van der Waals surface area (Å²) in [6.45, 7) is 0. The molecular weight excluding hydrogens is 228 g/mol. The third-order valence-corrected chi connectivity index (χ3v) is 3.02. The van der Waals surface area contributed by atoms with Crippen LogP contribution in [0, 0.1) is 0 Å². The molecule has 0 radical (unpaired) electrons. The number of hydrogen-bond donors (Lipinski definition) is 1. The van der Waals surface area contributed by atoms with E-state index in [0.29, 0.717) is 0 Å². The number of rotatable bonds is 3. The molecule has 78 valence electrons. The molecule has 0 aliphatic carbocycles. The van der Waals surface area contributed by atoms with Gasteiger partial charge in [0, 0.05) is 10.4 Å². The highest BCUT2D eigenvalue weighted by atomic mass is 35.5. The fraction of sp³-hybridized carbons (Fsp3) is 0.182. The van der Waals surface area contributed by atoms with Crippen LogP contribution < -0.4 is 5.73 Å². The van der Waals surface area contributed by atoms with Gasteiger partial charge >= 0.3 is 0 Å². The van der Waals surface area contributed by atoms with Gasteiger partial charge in [-0.2, -0.15) is 0 Å². The van der Waals surface area contributed by atoms with Gasteiger partial charge in [0.1, 0.15) is 0 Å². The first kappa shape index (κ1) is 10.6. The second-order valence-corrected chi connectivity index (χ2v) is 4.51. The highest BCUT2D eigenvalue weighted by Crippen LogP contribution is 2.18. The summed E-state index contributed by atoms with van der Waals surface area (Å²) in [7, 11) is 0. The Morgan fingerprint density at radius 3 is 3.00 bits per heavy atom. The zero-order chi connectivity index (χ0) is 10.7. The second-order valence-electron chi connectivity index (χ2n) is 3.35. The minimum Gasteiger partial charge on any atom is -0.322 e. The van der Waals surface area contributed by atoms with Crippen molar-refractivity contribution in [3.63, 3.8) is 0 Å². The quantitative estimate of drug-likeness (QED) is 0.893. The summed E-state index contributed by atoms with van der Waals surface area (Å²) in [4.78, 5) is 4.20. The average molecular weight is 239 g/mol. The first-order valence-electron chi connectivity index (χ1n) is 4.64. The maximum atomic E-state index is 6.02. The lowest BCUT2D eigenvalue weighted by molar-refractivity contribution is 0.702. The first-order chi connectivity index (χ1) is 7.25.